The summed E-state index contributed by atoms with van der Waals surface area (Å²) in [6.45, 7) is 4.30. The van der Waals surface area contributed by atoms with Gasteiger partial charge in [-0.25, -0.2) is 15.4 Å². The third kappa shape index (κ3) is 19.0. The van der Waals surface area contributed by atoms with Gasteiger partial charge in [-0.05, 0) is 19.3 Å². The molecule has 1 unspecified atom stereocenters. The smallest absolute Gasteiger partial charge is 0.394 e. The highest BCUT2D eigenvalue weighted by Crippen LogP contribution is 2.38. The van der Waals surface area contributed by atoms with Crippen LogP contribution in [0.4, 0.5) is 0 Å². The number of phosphoric acid groups is 1. The number of carbonyl (C=O) groups excluding carboxylic acids is 7. The first-order valence-electron chi connectivity index (χ1n) is 19.5. The van der Waals surface area contributed by atoms with Crippen molar-refractivity contribution in [1.82, 2.24) is 41.5 Å². The van der Waals surface area contributed by atoms with Crippen LogP contribution in [0.3, 0.4) is 0 Å². The number of aliphatic hydroxyl groups excluding tert-OH is 1. The van der Waals surface area contributed by atoms with Gasteiger partial charge in [-0.3, -0.25) is 42.9 Å². The number of aliphatic hydroxyl groups is 1. The van der Waals surface area contributed by atoms with Crippen LogP contribution in [-0.2, 0) is 63.4 Å². The van der Waals surface area contributed by atoms with E-state index in [2.05, 4.69) is 53.7 Å². The van der Waals surface area contributed by atoms with E-state index < -0.39 is 98.3 Å². The van der Waals surface area contributed by atoms with Gasteiger partial charge in [0.25, 0.3) is 0 Å². The van der Waals surface area contributed by atoms with Gasteiger partial charge in [0.2, 0.25) is 41.4 Å². The predicted octanol–water partition coefficient (Wildman–Crippen LogP) is -5.43. The fourth-order valence-electron chi connectivity index (χ4n) is 5.99. The van der Waals surface area contributed by atoms with Gasteiger partial charge in [0.1, 0.15) is 30.2 Å². The lowest BCUT2D eigenvalue weighted by Gasteiger charge is -2.28. The zero-order chi connectivity index (χ0) is 46.6. The van der Waals surface area contributed by atoms with E-state index in [4.69, 9.17) is 41.5 Å². The zero-order valence-electron chi connectivity index (χ0n) is 34.6. The van der Waals surface area contributed by atoms with E-state index in [-0.39, 0.29) is 82.8 Å². The standard InChI is InChI=1S/C34H60N11O15PS/c1-18(2)10-23(42-34(53)26-12-21(59-37)14-45(26)27(47)4-6-57-8-9-58-7-5-39-30(49)22(35)16-62)31(50)41-24(11-20-13-38-17-40-20)32(51)43-25(15-46)33(52)44-28(29(36)48)19(3)60-61(54,55)56/h13,17-19,21-26,28,46,62H,4-12,14-16,35,37H2,1-3H3,(H2,36,48)(H,38,40)(H,39,49)(H,41,50)(H,42,53)(H,43,51)(H,44,52)(H2,54,55,56)/t19?,21-,22-,23-,24-,25-,26-,28-/m0/s1. The number of imidazole rings is 1. The molecule has 1 aromatic heterocycles. The molecule has 1 saturated heterocycles. The Bertz CT molecular complexity index is 1670. The number of hydrogen-bond donors (Lipinski definition) is 13. The normalized spacial score (nSPS) is 18.2. The minimum Gasteiger partial charge on any atom is -0.394 e. The lowest BCUT2D eigenvalue weighted by atomic mass is 10.0. The molecule has 8 atom stereocenters. The molecule has 62 heavy (non-hydrogen) atoms. The molecule has 7 amide bonds. The van der Waals surface area contributed by atoms with Crippen molar-refractivity contribution in [3.05, 3.63) is 18.2 Å². The molecule has 15 N–H and O–H groups in total. The molecule has 0 bridgehead atoms. The summed E-state index contributed by atoms with van der Waals surface area (Å²) < 4.78 is 26.6. The second-order valence-corrected chi connectivity index (χ2v) is 16.1. The van der Waals surface area contributed by atoms with E-state index in [1.54, 1.807) is 13.8 Å². The van der Waals surface area contributed by atoms with Crippen molar-refractivity contribution in [2.45, 2.75) is 94.9 Å². The van der Waals surface area contributed by atoms with E-state index in [9.17, 15) is 43.2 Å². The monoisotopic (exact) mass is 925 g/mol. The lowest BCUT2D eigenvalue weighted by molar-refractivity contribution is -0.140. The van der Waals surface area contributed by atoms with Crippen LogP contribution in [0.2, 0.25) is 0 Å². The maximum atomic E-state index is 13.9. The number of aromatic amines is 1. The van der Waals surface area contributed by atoms with Crippen LogP contribution < -0.4 is 43.9 Å². The SMILES string of the molecule is CC(C)C[C@H](NC(=O)[C@@H]1C[C@H](ON)CN1C(=O)CCOCCOCCNC(=O)[C@@H](N)CS)C(=O)N[C@@H](Cc1cnc[nH]1)C(=O)N[C@@H](CO)C(=O)N[C@H](C(N)=O)C(C)OP(=O)(O)O. The van der Waals surface area contributed by atoms with Crippen molar-refractivity contribution in [1.29, 1.82) is 0 Å². The number of thiol groups is 1. The van der Waals surface area contributed by atoms with Crippen LogP contribution in [-0.4, -0.2) is 171 Å². The van der Waals surface area contributed by atoms with Crippen molar-refractivity contribution in [3.63, 3.8) is 0 Å². The van der Waals surface area contributed by atoms with Crippen molar-refractivity contribution in [2.75, 3.05) is 51.9 Å². The molecular formula is C34H60N11O15PS. The molecule has 0 radical (unpaired) electrons. The fraction of sp³-hybridized carbons (Fsp3) is 0.706. The molecule has 1 fully saturated rings. The summed E-state index contributed by atoms with van der Waals surface area (Å²) in [7, 11) is -5.13. The van der Waals surface area contributed by atoms with Crippen LogP contribution in [0.15, 0.2) is 12.5 Å². The Hall–Kier alpha value is -4.28. The maximum Gasteiger partial charge on any atom is 0.469 e. The highest BCUT2D eigenvalue weighted by atomic mass is 32.1. The van der Waals surface area contributed by atoms with Crippen molar-refractivity contribution >= 4 is 61.8 Å². The third-order valence-electron chi connectivity index (χ3n) is 9.13. The number of aromatic nitrogens is 2. The minimum absolute atomic E-state index is 0.00448. The number of likely N-dealkylation sites (tertiary alicyclic amines) is 1. The Kier molecular flexibility index (Phi) is 23.5. The largest absolute Gasteiger partial charge is 0.469 e. The number of H-pyrrole nitrogens is 1. The lowest BCUT2D eigenvalue weighted by Crippen LogP contribution is -2.61. The number of nitrogens with one attached hydrogen (secondary N) is 6. The van der Waals surface area contributed by atoms with E-state index in [0.717, 1.165) is 6.92 Å². The first-order valence-corrected chi connectivity index (χ1v) is 21.6. The van der Waals surface area contributed by atoms with Gasteiger partial charge < -0.3 is 72.3 Å². The van der Waals surface area contributed by atoms with E-state index >= 15 is 0 Å². The van der Waals surface area contributed by atoms with Crippen LogP contribution in [0.25, 0.3) is 0 Å². The first kappa shape index (κ1) is 53.9. The van der Waals surface area contributed by atoms with Gasteiger partial charge >= 0.3 is 7.82 Å². The molecule has 1 aliphatic rings. The van der Waals surface area contributed by atoms with Crippen LogP contribution in [0.1, 0.15) is 45.7 Å². The average molecular weight is 926 g/mol. The highest BCUT2D eigenvalue weighted by Gasteiger charge is 2.41. The van der Waals surface area contributed by atoms with Gasteiger partial charge in [-0.2, -0.15) is 12.6 Å². The third-order valence-corrected chi connectivity index (χ3v) is 10.1. The van der Waals surface area contributed by atoms with Gasteiger partial charge in [0, 0.05) is 43.6 Å². The molecule has 1 aliphatic heterocycles. The van der Waals surface area contributed by atoms with Gasteiger partial charge in [0.15, 0.2) is 0 Å². The second kappa shape index (κ2) is 27.0. The summed E-state index contributed by atoms with van der Waals surface area (Å²) in [5, 5.41) is 22.2. The summed E-state index contributed by atoms with van der Waals surface area (Å²) in [5.41, 5.74) is 11.2. The van der Waals surface area contributed by atoms with E-state index in [0.29, 0.717) is 5.69 Å². The Morgan fingerprint density at radius 2 is 1.58 bits per heavy atom. The number of hydrogen-bond acceptors (Lipinski definition) is 17. The number of phosphoric ester groups is 1. The van der Waals surface area contributed by atoms with Gasteiger partial charge in [-0.15, -0.1) is 0 Å². The topological polar surface area (TPSA) is 404 Å². The maximum absolute atomic E-state index is 13.9. The predicted molar refractivity (Wildman–Crippen MR) is 219 cm³/mol. The van der Waals surface area contributed by atoms with E-state index in [1.165, 1.54) is 17.4 Å². The number of primary amides is 1. The average Bonchev–Trinajstić information content (AvgIpc) is 3.89. The van der Waals surface area contributed by atoms with E-state index in [1.807, 2.05) is 0 Å². The Morgan fingerprint density at radius 3 is 2.15 bits per heavy atom. The Labute approximate surface area is 362 Å². The molecule has 0 aromatic carbocycles. The minimum atomic E-state index is -5.13. The summed E-state index contributed by atoms with van der Waals surface area (Å²) in [6.07, 6.45) is 0.0712. The number of carbonyl (C=O) groups is 7. The number of nitrogens with zero attached hydrogens (tertiary/aromatic N) is 2. The molecule has 2 rings (SSSR count). The fourth-order valence-corrected chi connectivity index (χ4v) is 6.71. The number of nitrogens with two attached hydrogens (primary N) is 3. The van der Waals surface area contributed by atoms with Crippen LogP contribution in [0, 0.1) is 5.92 Å². The number of ether oxygens (including phenoxy) is 2. The molecule has 1 aromatic rings. The van der Waals surface area contributed by atoms with Crippen molar-refractivity contribution < 1.29 is 71.9 Å². The summed E-state index contributed by atoms with van der Waals surface area (Å²) >= 11 is 3.97. The van der Waals surface area contributed by atoms with Gasteiger partial charge in [-0.1, -0.05) is 13.8 Å². The summed E-state index contributed by atoms with van der Waals surface area (Å²) in [5.74, 6) is -0.329. The summed E-state index contributed by atoms with van der Waals surface area (Å²) in [4.78, 5) is 123. The molecule has 352 valence electrons. The molecule has 2 heterocycles. The van der Waals surface area contributed by atoms with Gasteiger partial charge in [0.05, 0.1) is 64.0 Å². The molecule has 0 spiro atoms. The molecule has 0 aliphatic carbocycles. The van der Waals surface area contributed by atoms with Crippen LogP contribution >= 0.6 is 20.5 Å². The molecule has 0 saturated carbocycles. The second-order valence-electron chi connectivity index (χ2n) is 14.6. The van der Waals surface area contributed by atoms with Crippen molar-refractivity contribution in [2.24, 2.45) is 23.3 Å². The molecule has 28 heteroatoms. The summed E-state index contributed by atoms with van der Waals surface area (Å²) in [6, 6.07) is -8.12. The highest BCUT2D eigenvalue weighted by molar-refractivity contribution is 7.80. The molecule has 26 nitrogen and oxygen atoms in total. The number of rotatable bonds is 29. The first-order chi connectivity index (χ1) is 29.2. The quantitative estimate of drug-likeness (QED) is 0.0154. The van der Waals surface area contributed by atoms with Crippen LogP contribution in [0.5, 0.6) is 0 Å². The Balaban J connectivity index is 2.11. The number of amides is 7. The Morgan fingerprint density at radius 1 is 0.952 bits per heavy atom. The molecular weight excluding hydrogens is 865 g/mol. The van der Waals surface area contributed by atoms with Crippen molar-refractivity contribution in [3.8, 4) is 0 Å². The zero-order valence-corrected chi connectivity index (χ0v) is 36.4.